The molecule has 0 amide bonds. The standard InChI is InChI=1S/C13H23N3S/c1-4-14-13(12-8-17-16-15-12)11-6-5-9(2)10(3)7-11/h8-11,13-14H,4-7H2,1-3H3. The van der Waals surface area contributed by atoms with E-state index in [9.17, 15) is 0 Å². The van der Waals surface area contributed by atoms with Crippen LogP contribution in [-0.2, 0) is 0 Å². The summed E-state index contributed by atoms with van der Waals surface area (Å²) in [6.45, 7) is 7.94. The summed E-state index contributed by atoms with van der Waals surface area (Å²) >= 11 is 1.46. The zero-order chi connectivity index (χ0) is 12.3. The monoisotopic (exact) mass is 253 g/mol. The Morgan fingerprint density at radius 3 is 2.82 bits per heavy atom. The minimum absolute atomic E-state index is 0.411. The first-order chi connectivity index (χ1) is 8.22. The van der Waals surface area contributed by atoms with Gasteiger partial charge in [0.15, 0.2) is 0 Å². The summed E-state index contributed by atoms with van der Waals surface area (Å²) in [5.74, 6) is 2.44. The van der Waals surface area contributed by atoms with E-state index in [1.165, 1.54) is 30.8 Å². The van der Waals surface area contributed by atoms with Crippen molar-refractivity contribution in [1.82, 2.24) is 14.9 Å². The van der Waals surface area contributed by atoms with Crippen molar-refractivity contribution in [1.29, 1.82) is 0 Å². The van der Waals surface area contributed by atoms with E-state index in [0.717, 1.165) is 30.0 Å². The highest BCUT2D eigenvalue weighted by molar-refractivity contribution is 7.03. The number of aromatic nitrogens is 2. The van der Waals surface area contributed by atoms with Gasteiger partial charge in [-0.1, -0.05) is 31.7 Å². The predicted molar refractivity (Wildman–Crippen MR) is 72.0 cm³/mol. The average molecular weight is 253 g/mol. The highest BCUT2D eigenvalue weighted by Gasteiger charge is 2.31. The van der Waals surface area contributed by atoms with Crippen LogP contribution in [0.4, 0.5) is 0 Å². The van der Waals surface area contributed by atoms with Crippen LogP contribution in [0.3, 0.4) is 0 Å². The number of nitrogens with one attached hydrogen (secondary N) is 1. The van der Waals surface area contributed by atoms with Crippen LogP contribution in [-0.4, -0.2) is 16.1 Å². The van der Waals surface area contributed by atoms with Crippen molar-refractivity contribution in [3.8, 4) is 0 Å². The Balaban J connectivity index is 2.06. The van der Waals surface area contributed by atoms with Gasteiger partial charge in [-0.05, 0) is 48.7 Å². The second-order valence-corrected chi connectivity index (χ2v) is 6.00. The van der Waals surface area contributed by atoms with Crippen molar-refractivity contribution >= 4 is 11.5 Å². The minimum Gasteiger partial charge on any atom is -0.309 e. The quantitative estimate of drug-likeness (QED) is 0.895. The molecule has 4 heteroatoms. The molecule has 4 unspecified atom stereocenters. The molecule has 1 aromatic rings. The predicted octanol–water partition coefficient (Wildman–Crippen LogP) is 3.26. The van der Waals surface area contributed by atoms with Gasteiger partial charge in [0.25, 0.3) is 0 Å². The normalized spacial score (nSPS) is 31.4. The van der Waals surface area contributed by atoms with Crippen LogP contribution in [0, 0.1) is 17.8 Å². The van der Waals surface area contributed by atoms with Crippen molar-refractivity contribution in [2.24, 2.45) is 17.8 Å². The molecular formula is C13H23N3S. The Hall–Kier alpha value is -0.480. The lowest BCUT2D eigenvalue weighted by Gasteiger charge is -2.36. The zero-order valence-corrected chi connectivity index (χ0v) is 11.8. The smallest absolute Gasteiger partial charge is 0.0927 e. The third kappa shape index (κ3) is 3.05. The van der Waals surface area contributed by atoms with Crippen LogP contribution < -0.4 is 5.32 Å². The van der Waals surface area contributed by atoms with Crippen molar-refractivity contribution in [3.05, 3.63) is 11.1 Å². The number of hydrogen-bond acceptors (Lipinski definition) is 4. The average Bonchev–Trinajstić information content (AvgIpc) is 2.83. The SMILES string of the molecule is CCNC(c1csnn1)C1CCC(C)C(C)C1. The topological polar surface area (TPSA) is 37.8 Å². The van der Waals surface area contributed by atoms with Crippen LogP contribution in [0.1, 0.15) is 51.8 Å². The van der Waals surface area contributed by atoms with Crippen LogP contribution in [0.15, 0.2) is 5.38 Å². The van der Waals surface area contributed by atoms with Crippen LogP contribution in [0.5, 0.6) is 0 Å². The Morgan fingerprint density at radius 1 is 1.41 bits per heavy atom. The molecule has 2 rings (SSSR count). The fourth-order valence-corrected chi connectivity index (χ4v) is 3.42. The van der Waals surface area contributed by atoms with Gasteiger partial charge < -0.3 is 5.32 Å². The summed E-state index contributed by atoms with van der Waals surface area (Å²) in [5, 5.41) is 9.95. The molecule has 0 radical (unpaired) electrons. The third-order valence-corrected chi connectivity index (χ3v) is 4.75. The van der Waals surface area contributed by atoms with E-state index in [1.807, 2.05) is 0 Å². The molecule has 1 heterocycles. The molecule has 3 nitrogen and oxygen atoms in total. The van der Waals surface area contributed by atoms with Crippen LogP contribution >= 0.6 is 11.5 Å². The van der Waals surface area contributed by atoms with Gasteiger partial charge in [-0.2, -0.15) is 0 Å². The molecule has 0 aromatic carbocycles. The van der Waals surface area contributed by atoms with E-state index in [4.69, 9.17) is 0 Å². The molecule has 1 aromatic heterocycles. The Kier molecular flexibility index (Phi) is 4.51. The molecule has 1 N–H and O–H groups in total. The largest absolute Gasteiger partial charge is 0.309 e. The summed E-state index contributed by atoms with van der Waals surface area (Å²) in [7, 11) is 0. The minimum atomic E-state index is 0.411. The van der Waals surface area contributed by atoms with Crippen molar-refractivity contribution < 1.29 is 0 Å². The van der Waals surface area contributed by atoms with E-state index in [2.05, 4.69) is 41.1 Å². The van der Waals surface area contributed by atoms with Gasteiger partial charge in [0.05, 0.1) is 11.7 Å². The molecule has 1 saturated carbocycles. The molecule has 1 aliphatic rings. The maximum atomic E-state index is 4.26. The van der Waals surface area contributed by atoms with Gasteiger partial charge >= 0.3 is 0 Å². The van der Waals surface area contributed by atoms with Gasteiger partial charge in [0, 0.05) is 5.38 Å². The van der Waals surface area contributed by atoms with E-state index >= 15 is 0 Å². The van der Waals surface area contributed by atoms with E-state index in [1.54, 1.807) is 0 Å². The molecule has 17 heavy (non-hydrogen) atoms. The molecule has 0 spiro atoms. The maximum Gasteiger partial charge on any atom is 0.0927 e. The van der Waals surface area contributed by atoms with Crippen LogP contribution in [0.25, 0.3) is 0 Å². The first-order valence-corrected chi connectivity index (χ1v) is 7.56. The van der Waals surface area contributed by atoms with E-state index in [0.29, 0.717) is 6.04 Å². The summed E-state index contributed by atoms with van der Waals surface area (Å²) < 4.78 is 4.01. The van der Waals surface area contributed by atoms with Crippen molar-refractivity contribution in [2.45, 2.75) is 46.1 Å². The highest BCUT2D eigenvalue weighted by atomic mass is 32.1. The van der Waals surface area contributed by atoms with Crippen molar-refractivity contribution in [2.75, 3.05) is 6.54 Å². The first kappa shape index (κ1) is 13.0. The molecule has 1 fully saturated rings. The third-order valence-electron chi connectivity index (χ3n) is 4.23. The molecule has 0 saturated heterocycles. The molecule has 4 atom stereocenters. The second-order valence-electron chi connectivity index (χ2n) is 5.39. The lowest BCUT2D eigenvalue weighted by Crippen LogP contribution is -2.33. The van der Waals surface area contributed by atoms with Gasteiger partial charge in [0.1, 0.15) is 0 Å². The van der Waals surface area contributed by atoms with E-state index < -0.39 is 0 Å². The maximum absolute atomic E-state index is 4.26. The molecule has 0 aliphatic heterocycles. The first-order valence-electron chi connectivity index (χ1n) is 6.72. The Labute approximate surface area is 108 Å². The lowest BCUT2D eigenvalue weighted by atomic mass is 9.73. The number of nitrogens with zero attached hydrogens (tertiary/aromatic N) is 2. The number of hydrogen-bond donors (Lipinski definition) is 1. The zero-order valence-electron chi connectivity index (χ0n) is 11.0. The van der Waals surface area contributed by atoms with E-state index in [-0.39, 0.29) is 0 Å². The highest BCUT2D eigenvalue weighted by Crippen LogP contribution is 2.39. The summed E-state index contributed by atoms with van der Waals surface area (Å²) in [6, 6.07) is 0.411. The molecule has 96 valence electrons. The Morgan fingerprint density at radius 2 is 2.24 bits per heavy atom. The summed E-state index contributed by atoms with van der Waals surface area (Å²) in [6.07, 6.45) is 3.99. The summed E-state index contributed by atoms with van der Waals surface area (Å²) in [5.41, 5.74) is 1.14. The van der Waals surface area contributed by atoms with Crippen LogP contribution in [0.2, 0.25) is 0 Å². The Bertz CT molecular complexity index is 325. The fourth-order valence-electron chi connectivity index (χ4n) is 2.93. The van der Waals surface area contributed by atoms with Crippen molar-refractivity contribution in [3.63, 3.8) is 0 Å². The van der Waals surface area contributed by atoms with Gasteiger partial charge in [-0.25, -0.2) is 0 Å². The summed E-state index contributed by atoms with van der Waals surface area (Å²) in [4.78, 5) is 0. The fraction of sp³-hybridized carbons (Fsp3) is 0.846. The lowest BCUT2D eigenvalue weighted by molar-refractivity contribution is 0.170. The molecule has 0 bridgehead atoms. The van der Waals surface area contributed by atoms with Gasteiger partial charge in [-0.3, -0.25) is 0 Å². The van der Waals surface area contributed by atoms with Gasteiger partial charge in [-0.15, -0.1) is 5.10 Å². The second kappa shape index (κ2) is 5.91. The molecular weight excluding hydrogens is 230 g/mol. The molecule has 1 aliphatic carbocycles. The number of rotatable bonds is 4. The van der Waals surface area contributed by atoms with Gasteiger partial charge in [0.2, 0.25) is 0 Å².